The molecule has 0 saturated carbocycles. The van der Waals surface area contributed by atoms with Crippen molar-refractivity contribution in [1.29, 1.82) is 0 Å². The number of thioether (sulfide) groups is 1. The van der Waals surface area contributed by atoms with Gasteiger partial charge in [-0.05, 0) is 40.8 Å². The lowest BCUT2D eigenvalue weighted by molar-refractivity contribution is -0.136. The molecular formula is C21H15F2N5O4S3. The van der Waals surface area contributed by atoms with Crippen molar-refractivity contribution in [3.05, 3.63) is 56.9 Å². The molecule has 3 N–H and O–H groups in total. The number of anilines is 1. The van der Waals surface area contributed by atoms with Crippen LogP contribution in [0.5, 0.6) is 0 Å². The fraction of sp³-hybridized carbons (Fsp3) is 0.143. The molecule has 4 rings (SSSR count). The number of aromatic amines is 1. The average Bonchev–Trinajstić information content (AvgIpc) is 3.49. The molecule has 0 aliphatic carbocycles. The number of nitrogens with one attached hydrogen (secondary N) is 2. The number of aliphatic carboxylic acids is 1. The maximum Gasteiger partial charge on any atom is 0.311 e. The van der Waals surface area contributed by atoms with Gasteiger partial charge in [-0.3, -0.25) is 29.7 Å². The standard InChI is InChI=1S/C21H15F2N5O4S3/c22-13-2-1-10(6-14(13)23)11-5-12(34-9-11)7-15-19(32)28(21(33)35-15)4-3-17(29)25-20-24-16(26-27-20)8-18(30)31/h1-2,5-7,9H,3-4,8H2,(H,30,31)(H2,24,25,26,27,29). The minimum atomic E-state index is -1.09. The molecule has 1 aliphatic heterocycles. The van der Waals surface area contributed by atoms with Crippen LogP contribution in [0.1, 0.15) is 17.1 Å². The monoisotopic (exact) mass is 535 g/mol. The van der Waals surface area contributed by atoms with Crippen molar-refractivity contribution in [2.75, 3.05) is 11.9 Å². The van der Waals surface area contributed by atoms with E-state index in [1.54, 1.807) is 17.5 Å². The second-order valence-electron chi connectivity index (χ2n) is 7.17. The normalized spacial score (nSPS) is 14.7. The molecule has 0 radical (unpaired) electrons. The summed E-state index contributed by atoms with van der Waals surface area (Å²) >= 11 is 7.71. The van der Waals surface area contributed by atoms with Gasteiger partial charge in [0.1, 0.15) is 16.6 Å². The second kappa shape index (κ2) is 10.4. The minimum absolute atomic E-state index is 0.0325. The first-order chi connectivity index (χ1) is 16.7. The molecule has 3 aromatic rings. The van der Waals surface area contributed by atoms with Gasteiger partial charge in [-0.25, -0.2) is 8.78 Å². The molecule has 0 atom stereocenters. The summed E-state index contributed by atoms with van der Waals surface area (Å²) in [5, 5.41) is 19.1. The summed E-state index contributed by atoms with van der Waals surface area (Å²) in [4.78, 5) is 42.0. The molecule has 2 aromatic heterocycles. The number of rotatable bonds is 8. The number of carboxylic acid groups (broad SMARTS) is 1. The van der Waals surface area contributed by atoms with Crippen LogP contribution in [-0.4, -0.2) is 53.8 Å². The Hall–Kier alpha value is -3.49. The largest absolute Gasteiger partial charge is 0.481 e. The molecule has 0 unspecified atom stereocenters. The van der Waals surface area contributed by atoms with E-state index in [2.05, 4.69) is 20.5 Å². The Bertz CT molecular complexity index is 1370. The number of thiophene rings is 1. The van der Waals surface area contributed by atoms with Gasteiger partial charge in [0.25, 0.3) is 5.91 Å². The van der Waals surface area contributed by atoms with Gasteiger partial charge in [0, 0.05) is 17.8 Å². The van der Waals surface area contributed by atoms with Gasteiger partial charge in [-0.1, -0.05) is 30.0 Å². The highest BCUT2D eigenvalue weighted by molar-refractivity contribution is 8.26. The van der Waals surface area contributed by atoms with Crippen molar-refractivity contribution < 1.29 is 28.3 Å². The lowest BCUT2D eigenvalue weighted by atomic mass is 10.1. The molecule has 35 heavy (non-hydrogen) atoms. The van der Waals surface area contributed by atoms with Crippen molar-refractivity contribution in [2.45, 2.75) is 12.8 Å². The van der Waals surface area contributed by atoms with Gasteiger partial charge in [-0.2, -0.15) is 4.98 Å². The van der Waals surface area contributed by atoms with Crippen molar-refractivity contribution >= 4 is 69.4 Å². The van der Waals surface area contributed by atoms with E-state index in [0.717, 1.165) is 28.8 Å². The van der Waals surface area contributed by atoms with Gasteiger partial charge >= 0.3 is 5.97 Å². The van der Waals surface area contributed by atoms with E-state index in [4.69, 9.17) is 17.3 Å². The number of H-pyrrole nitrogens is 1. The molecular weight excluding hydrogens is 520 g/mol. The number of nitrogens with zero attached hydrogens (tertiary/aromatic N) is 3. The van der Waals surface area contributed by atoms with E-state index in [1.165, 1.54) is 22.3 Å². The number of thiocarbonyl (C=S) groups is 1. The zero-order chi connectivity index (χ0) is 25.1. The van der Waals surface area contributed by atoms with Gasteiger partial charge in [0.05, 0.1) is 4.91 Å². The van der Waals surface area contributed by atoms with E-state index in [1.807, 2.05) is 0 Å². The van der Waals surface area contributed by atoms with Crippen LogP contribution in [0.25, 0.3) is 17.2 Å². The summed E-state index contributed by atoms with van der Waals surface area (Å²) in [5.74, 6) is -3.75. The zero-order valence-corrected chi connectivity index (χ0v) is 20.0. The highest BCUT2D eigenvalue weighted by Crippen LogP contribution is 2.35. The Kier molecular flexibility index (Phi) is 7.33. The lowest BCUT2D eigenvalue weighted by Gasteiger charge is -2.13. The fourth-order valence-electron chi connectivity index (χ4n) is 3.05. The maximum atomic E-state index is 13.5. The molecule has 1 saturated heterocycles. The highest BCUT2D eigenvalue weighted by atomic mass is 32.2. The summed E-state index contributed by atoms with van der Waals surface area (Å²) in [7, 11) is 0. The smallest absolute Gasteiger partial charge is 0.311 e. The number of aromatic nitrogens is 3. The van der Waals surface area contributed by atoms with Crippen LogP contribution in [0.2, 0.25) is 0 Å². The highest BCUT2D eigenvalue weighted by Gasteiger charge is 2.32. The van der Waals surface area contributed by atoms with E-state index in [-0.39, 0.29) is 37.1 Å². The first-order valence-electron chi connectivity index (χ1n) is 9.92. The van der Waals surface area contributed by atoms with Crippen LogP contribution < -0.4 is 5.32 Å². The molecule has 3 heterocycles. The molecule has 1 aliphatic rings. The van der Waals surface area contributed by atoms with Crippen LogP contribution in [-0.2, 0) is 20.8 Å². The fourth-order valence-corrected chi connectivity index (χ4v) is 5.27. The van der Waals surface area contributed by atoms with Gasteiger partial charge in [-0.15, -0.1) is 16.4 Å². The number of hydrogen-bond acceptors (Lipinski definition) is 8. The van der Waals surface area contributed by atoms with Crippen LogP contribution in [0, 0.1) is 11.6 Å². The van der Waals surface area contributed by atoms with E-state index < -0.39 is 23.5 Å². The lowest BCUT2D eigenvalue weighted by Crippen LogP contribution is -2.31. The van der Waals surface area contributed by atoms with Crippen LogP contribution in [0.3, 0.4) is 0 Å². The number of hydrogen-bond donors (Lipinski definition) is 3. The third-order valence-electron chi connectivity index (χ3n) is 4.68. The molecule has 0 spiro atoms. The number of halogens is 2. The summed E-state index contributed by atoms with van der Waals surface area (Å²) < 4.78 is 27.0. The Balaban J connectivity index is 1.36. The molecule has 0 bridgehead atoms. The number of amides is 2. The van der Waals surface area contributed by atoms with Crippen LogP contribution in [0.4, 0.5) is 14.7 Å². The van der Waals surface area contributed by atoms with E-state index in [0.29, 0.717) is 20.4 Å². The third-order valence-corrected chi connectivity index (χ3v) is 6.94. The number of carboxylic acids is 1. The summed E-state index contributed by atoms with van der Waals surface area (Å²) in [6.45, 7) is 0.0325. The second-order valence-corrected chi connectivity index (χ2v) is 9.79. The van der Waals surface area contributed by atoms with E-state index in [9.17, 15) is 23.2 Å². The molecule has 1 aromatic carbocycles. The van der Waals surface area contributed by atoms with Crippen molar-refractivity contribution in [1.82, 2.24) is 20.1 Å². The Morgan fingerprint density at radius 1 is 1.23 bits per heavy atom. The third kappa shape index (κ3) is 5.96. The molecule has 2 amide bonds. The molecule has 180 valence electrons. The number of carbonyl (C=O) groups is 3. The topological polar surface area (TPSA) is 128 Å². The van der Waals surface area contributed by atoms with Gasteiger partial charge in [0.15, 0.2) is 11.6 Å². The van der Waals surface area contributed by atoms with Crippen molar-refractivity contribution in [2.24, 2.45) is 0 Å². The molecule has 1 fully saturated rings. The predicted molar refractivity (Wildman–Crippen MR) is 131 cm³/mol. The molecule has 14 heteroatoms. The average molecular weight is 536 g/mol. The number of carbonyl (C=O) groups excluding carboxylic acids is 2. The first kappa shape index (κ1) is 24.6. The quantitative estimate of drug-likeness (QED) is 0.295. The summed E-state index contributed by atoms with van der Waals surface area (Å²) in [6, 6.07) is 5.39. The maximum absolute atomic E-state index is 13.5. The summed E-state index contributed by atoms with van der Waals surface area (Å²) in [6.07, 6.45) is 1.21. The van der Waals surface area contributed by atoms with Crippen molar-refractivity contribution in [3.63, 3.8) is 0 Å². The SMILES string of the molecule is O=C(O)Cc1nc(NC(=O)CCN2C(=O)C(=Cc3cc(-c4ccc(F)c(F)c4)cs3)SC2=S)n[nH]1. The van der Waals surface area contributed by atoms with Crippen molar-refractivity contribution in [3.8, 4) is 11.1 Å². The van der Waals surface area contributed by atoms with Gasteiger partial charge in [0.2, 0.25) is 11.9 Å². The summed E-state index contributed by atoms with van der Waals surface area (Å²) in [5.41, 5.74) is 1.20. The van der Waals surface area contributed by atoms with Gasteiger partial charge < -0.3 is 5.11 Å². The minimum Gasteiger partial charge on any atom is -0.481 e. The van der Waals surface area contributed by atoms with Crippen LogP contribution in [0.15, 0.2) is 34.6 Å². The number of benzene rings is 1. The molecule has 9 nitrogen and oxygen atoms in total. The zero-order valence-electron chi connectivity index (χ0n) is 17.6. The Morgan fingerprint density at radius 2 is 2.03 bits per heavy atom. The Morgan fingerprint density at radius 3 is 2.77 bits per heavy atom. The Labute approximate surface area is 210 Å². The first-order valence-corrected chi connectivity index (χ1v) is 12.0. The van der Waals surface area contributed by atoms with E-state index >= 15 is 0 Å². The van der Waals surface area contributed by atoms with Crippen LogP contribution >= 0.6 is 35.3 Å². The predicted octanol–water partition coefficient (Wildman–Crippen LogP) is 3.67.